The van der Waals surface area contributed by atoms with E-state index < -0.39 is 6.04 Å². The Morgan fingerprint density at radius 1 is 1.50 bits per heavy atom. The first-order chi connectivity index (χ1) is 8.63. The SMILES string of the molecule is CCOC(=O)C1CCCN1C(=O)c1ccc(C)s1. The van der Waals surface area contributed by atoms with Crippen LogP contribution in [0, 0.1) is 6.92 Å². The molecule has 1 unspecified atom stereocenters. The summed E-state index contributed by atoms with van der Waals surface area (Å²) in [4.78, 5) is 27.5. The van der Waals surface area contributed by atoms with Crippen LogP contribution in [0.3, 0.4) is 0 Å². The molecule has 0 radical (unpaired) electrons. The summed E-state index contributed by atoms with van der Waals surface area (Å²) in [6.45, 7) is 4.74. The van der Waals surface area contributed by atoms with Crippen LogP contribution in [0.2, 0.25) is 0 Å². The summed E-state index contributed by atoms with van der Waals surface area (Å²) < 4.78 is 5.02. The molecule has 5 heteroatoms. The zero-order valence-electron chi connectivity index (χ0n) is 10.6. The Balaban J connectivity index is 2.11. The molecule has 1 aromatic heterocycles. The molecule has 0 spiro atoms. The van der Waals surface area contributed by atoms with Crippen molar-refractivity contribution in [3.05, 3.63) is 21.9 Å². The summed E-state index contributed by atoms with van der Waals surface area (Å²) in [6, 6.07) is 3.34. The van der Waals surface area contributed by atoms with Crippen LogP contribution in [0.25, 0.3) is 0 Å². The molecular weight excluding hydrogens is 250 g/mol. The van der Waals surface area contributed by atoms with E-state index in [0.717, 1.165) is 11.3 Å². The number of hydrogen-bond acceptors (Lipinski definition) is 4. The molecule has 0 aromatic carbocycles. The molecule has 0 N–H and O–H groups in total. The largest absolute Gasteiger partial charge is 0.464 e. The number of carbonyl (C=O) groups excluding carboxylic acids is 2. The van der Waals surface area contributed by atoms with Gasteiger partial charge in [0.2, 0.25) is 0 Å². The van der Waals surface area contributed by atoms with Gasteiger partial charge in [-0.3, -0.25) is 4.79 Å². The van der Waals surface area contributed by atoms with Crippen LogP contribution >= 0.6 is 11.3 Å². The number of carbonyl (C=O) groups is 2. The molecule has 0 aliphatic carbocycles. The van der Waals surface area contributed by atoms with Crippen LogP contribution in [0.15, 0.2) is 12.1 Å². The summed E-state index contributed by atoms with van der Waals surface area (Å²) in [5, 5.41) is 0. The van der Waals surface area contributed by atoms with Crippen LogP contribution in [0.5, 0.6) is 0 Å². The Kier molecular flexibility index (Phi) is 4.01. The van der Waals surface area contributed by atoms with Crippen LogP contribution in [-0.4, -0.2) is 36.0 Å². The maximum absolute atomic E-state index is 12.3. The van der Waals surface area contributed by atoms with Gasteiger partial charge < -0.3 is 9.64 Å². The summed E-state index contributed by atoms with van der Waals surface area (Å²) >= 11 is 1.47. The predicted molar refractivity (Wildman–Crippen MR) is 69.7 cm³/mol. The average Bonchev–Trinajstić information content (AvgIpc) is 2.96. The highest BCUT2D eigenvalue weighted by atomic mass is 32.1. The van der Waals surface area contributed by atoms with Crippen molar-refractivity contribution in [2.24, 2.45) is 0 Å². The van der Waals surface area contributed by atoms with Crippen LogP contribution in [0.4, 0.5) is 0 Å². The van der Waals surface area contributed by atoms with E-state index in [1.54, 1.807) is 11.8 Å². The Morgan fingerprint density at radius 2 is 2.28 bits per heavy atom. The van der Waals surface area contributed by atoms with E-state index in [0.29, 0.717) is 24.4 Å². The molecule has 0 saturated carbocycles. The van der Waals surface area contributed by atoms with Gasteiger partial charge in [0.05, 0.1) is 11.5 Å². The Morgan fingerprint density at radius 3 is 2.89 bits per heavy atom. The lowest BCUT2D eigenvalue weighted by Gasteiger charge is -2.22. The van der Waals surface area contributed by atoms with Gasteiger partial charge in [-0.25, -0.2) is 4.79 Å². The first-order valence-corrected chi connectivity index (χ1v) is 6.99. The van der Waals surface area contributed by atoms with Gasteiger partial charge in [-0.15, -0.1) is 11.3 Å². The van der Waals surface area contributed by atoms with Gasteiger partial charge in [0, 0.05) is 11.4 Å². The lowest BCUT2D eigenvalue weighted by molar-refractivity contribution is -0.147. The van der Waals surface area contributed by atoms with Gasteiger partial charge >= 0.3 is 5.97 Å². The quantitative estimate of drug-likeness (QED) is 0.789. The number of likely N-dealkylation sites (tertiary alicyclic amines) is 1. The van der Waals surface area contributed by atoms with Crippen molar-refractivity contribution in [2.45, 2.75) is 32.7 Å². The molecule has 0 bridgehead atoms. The molecule has 1 atom stereocenters. The van der Waals surface area contributed by atoms with Gasteiger partial charge in [0.15, 0.2) is 0 Å². The van der Waals surface area contributed by atoms with E-state index >= 15 is 0 Å². The normalized spacial score (nSPS) is 19.0. The first-order valence-electron chi connectivity index (χ1n) is 6.17. The molecule has 1 fully saturated rings. The molecule has 1 aliphatic heterocycles. The molecule has 4 nitrogen and oxygen atoms in total. The molecule has 18 heavy (non-hydrogen) atoms. The number of hydrogen-bond donors (Lipinski definition) is 0. The van der Waals surface area contributed by atoms with Crippen LogP contribution in [-0.2, 0) is 9.53 Å². The summed E-state index contributed by atoms with van der Waals surface area (Å²) in [6.07, 6.45) is 1.56. The second kappa shape index (κ2) is 5.52. The number of thiophene rings is 1. The Hall–Kier alpha value is -1.36. The number of rotatable bonds is 3. The van der Waals surface area contributed by atoms with Gasteiger partial charge in [-0.1, -0.05) is 0 Å². The molecular formula is C13H17NO3S. The van der Waals surface area contributed by atoms with Crippen LogP contribution < -0.4 is 0 Å². The highest BCUT2D eigenvalue weighted by Gasteiger charge is 2.35. The second-order valence-corrected chi connectivity index (χ2v) is 5.61. The number of esters is 1. The third-order valence-corrected chi connectivity index (χ3v) is 4.01. The minimum atomic E-state index is -0.403. The van der Waals surface area contributed by atoms with Gasteiger partial charge in [0.1, 0.15) is 6.04 Å². The zero-order chi connectivity index (χ0) is 13.1. The van der Waals surface area contributed by atoms with E-state index in [-0.39, 0.29) is 11.9 Å². The third-order valence-electron chi connectivity index (χ3n) is 3.02. The number of nitrogens with zero attached hydrogens (tertiary/aromatic N) is 1. The molecule has 98 valence electrons. The number of ether oxygens (including phenoxy) is 1. The van der Waals surface area contributed by atoms with Gasteiger partial charge in [0.25, 0.3) is 5.91 Å². The highest BCUT2D eigenvalue weighted by molar-refractivity contribution is 7.13. The molecule has 2 heterocycles. The van der Waals surface area contributed by atoms with Crippen molar-refractivity contribution in [3.63, 3.8) is 0 Å². The standard InChI is InChI=1S/C13H17NO3S/c1-3-17-13(16)10-5-4-8-14(10)12(15)11-7-6-9(2)18-11/h6-7,10H,3-5,8H2,1-2H3. The Labute approximate surface area is 111 Å². The second-order valence-electron chi connectivity index (χ2n) is 4.32. The molecule has 1 saturated heterocycles. The van der Waals surface area contributed by atoms with Crippen molar-refractivity contribution < 1.29 is 14.3 Å². The zero-order valence-corrected chi connectivity index (χ0v) is 11.5. The van der Waals surface area contributed by atoms with Gasteiger partial charge in [-0.2, -0.15) is 0 Å². The van der Waals surface area contributed by atoms with E-state index in [4.69, 9.17) is 4.74 Å². The van der Waals surface area contributed by atoms with E-state index in [1.807, 2.05) is 19.1 Å². The maximum atomic E-state index is 12.3. The number of amides is 1. The highest BCUT2D eigenvalue weighted by Crippen LogP contribution is 2.24. The van der Waals surface area contributed by atoms with Gasteiger partial charge in [-0.05, 0) is 38.8 Å². The minimum absolute atomic E-state index is 0.0522. The fourth-order valence-corrected chi connectivity index (χ4v) is 3.01. The lowest BCUT2D eigenvalue weighted by Crippen LogP contribution is -2.41. The average molecular weight is 267 g/mol. The van der Waals surface area contributed by atoms with Crippen molar-refractivity contribution in [3.8, 4) is 0 Å². The minimum Gasteiger partial charge on any atom is -0.464 e. The van der Waals surface area contributed by atoms with Crippen molar-refractivity contribution >= 4 is 23.2 Å². The van der Waals surface area contributed by atoms with Crippen LogP contribution in [0.1, 0.15) is 34.3 Å². The third kappa shape index (κ3) is 2.56. The molecule has 1 amide bonds. The smallest absolute Gasteiger partial charge is 0.328 e. The first kappa shape index (κ1) is 13.1. The van der Waals surface area contributed by atoms with E-state index in [1.165, 1.54) is 11.3 Å². The summed E-state index contributed by atoms with van der Waals surface area (Å²) in [5.41, 5.74) is 0. The van der Waals surface area contributed by atoms with E-state index in [9.17, 15) is 9.59 Å². The number of aryl methyl sites for hydroxylation is 1. The maximum Gasteiger partial charge on any atom is 0.328 e. The lowest BCUT2D eigenvalue weighted by atomic mass is 10.2. The van der Waals surface area contributed by atoms with Crippen molar-refractivity contribution in [2.75, 3.05) is 13.2 Å². The predicted octanol–water partition coefficient (Wildman–Crippen LogP) is 2.22. The summed E-state index contributed by atoms with van der Waals surface area (Å²) in [5.74, 6) is -0.333. The van der Waals surface area contributed by atoms with E-state index in [2.05, 4.69) is 0 Å². The molecule has 1 aliphatic rings. The van der Waals surface area contributed by atoms with Crippen molar-refractivity contribution in [1.82, 2.24) is 4.90 Å². The van der Waals surface area contributed by atoms with Crippen molar-refractivity contribution in [1.29, 1.82) is 0 Å². The topological polar surface area (TPSA) is 46.6 Å². The molecule has 1 aromatic rings. The fraction of sp³-hybridized carbons (Fsp3) is 0.538. The Bertz CT molecular complexity index is 455. The molecule has 2 rings (SSSR count). The monoisotopic (exact) mass is 267 g/mol. The summed E-state index contributed by atoms with van der Waals surface area (Å²) in [7, 11) is 0. The fourth-order valence-electron chi connectivity index (χ4n) is 2.18.